The Labute approximate surface area is 677 Å². The Balaban J connectivity index is 0.000000138. The number of nitrogens with zero attached hydrogens (tertiary/aromatic N) is 6. The number of hydrogen-bond acceptors (Lipinski definition) is 8. The lowest BCUT2D eigenvalue weighted by Crippen LogP contribution is -2.00. The molecular weight excluding hydrogens is 1440 g/mol. The summed E-state index contributed by atoms with van der Waals surface area (Å²) in [6.45, 7) is 0. The zero-order chi connectivity index (χ0) is 77.7. The SMILES string of the molecule is c1ccc(-c2nc(-c3ccc(-c4cc5c6ccccc6c6ccccc6c5c5ccccc45)cc3)nc(-c3ccc(-c4cccc5c4oc4ccccc45)cc3)n2)cc1.c1ccc(-c2nc(-c3ccc(-c4ccc5oc6ccccc6c5c4)cc3)nc(-c3ccc(-c4cc5c6ccccc6c6ccccc6c5c5ccccc45)cc3)n2)cc1. The van der Waals surface area contributed by atoms with E-state index >= 15 is 0 Å². The van der Waals surface area contributed by atoms with Crippen molar-refractivity contribution in [2.45, 2.75) is 0 Å². The lowest BCUT2D eigenvalue weighted by Gasteiger charge is -2.16. The molecule has 0 aliphatic heterocycles. The summed E-state index contributed by atoms with van der Waals surface area (Å²) in [6, 6.07) is 141. The van der Waals surface area contributed by atoms with E-state index < -0.39 is 0 Å². The van der Waals surface area contributed by atoms with Crippen molar-refractivity contribution in [3.8, 4) is 113 Å². The Bertz CT molecular complexity index is 8130. The third-order valence-corrected chi connectivity index (χ3v) is 23.5. The molecule has 20 aromatic carbocycles. The van der Waals surface area contributed by atoms with E-state index in [1.165, 1.54) is 97.3 Å². The molecule has 4 heterocycles. The number of rotatable bonds is 10. The lowest BCUT2D eigenvalue weighted by molar-refractivity contribution is 0.669. The predicted octanol–water partition coefficient (Wildman–Crippen LogP) is 29.4. The van der Waals surface area contributed by atoms with Crippen molar-refractivity contribution in [3.63, 3.8) is 0 Å². The molecule has 8 nitrogen and oxygen atoms in total. The summed E-state index contributed by atoms with van der Waals surface area (Å²) in [5.41, 5.74) is 18.1. The van der Waals surface area contributed by atoms with E-state index in [2.05, 4.69) is 315 Å². The van der Waals surface area contributed by atoms with Crippen molar-refractivity contribution in [2.24, 2.45) is 0 Å². The van der Waals surface area contributed by atoms with Crippen molar-refractivity contribution in [2.75, 3.05) is 0 Å². The first-order chi connectivity index (χ1) is 58.5. The van der Waals surface area contributed by atoms with Gasteiger partial charge in [-0.25, -0.2) is 29.9 Å². The van der Waals surface area contributed by atoms with Gasteiger partial charge in [0.2, 0.25) is 0 Å². The molecule has 0 fully saturated rings. The second-order valence-corrected chi connectivity index (χ2v) is 30.2. The van der Waals surface area contributed by atoms with E-state index in [1.54, 1.807) is 0 Å². The van der Waals surface area contributed by atoms with Crippen LogP contribution in [-0.4, -0.2) is 29.9 Å². The smallest absolute Gasteiger partial charge is 0.164 e. The highest BCUT2D eigenvalue weighted by Crippen LogP contribution is 2.47. The molecule has 0 amide bonds. The first-order valence-electron chi connectivity index (χ1n) is 39.9. The van der Waals surface area contributed by atoms with Crippen LogP contribution in [0.5, 0.6) is 0 Å². The fraction of sp³-hybridized carbons (Fsp3) is 0. The average molecular weight is 1500 g/mol. The normalized spacial score (nSPS) is 11.7. The molecule has 0 bridgehead atoms. The maximum Gasteiger partial charge on any atom is 0.164 e. The second-order valence-electron chi connectivity index (χ2n) is 30.2. The maximum absolute atomic E-state index is 6.36. The summed E-state index contributed by atoms with van der Waals surface area (Å²) >= 11 is 0. The Kier molecular flexibility index (Phi) is 16.1. The second kappa shape index (κ2) is 28.0. The average Bonchev–Trinajstić information content (AvgIpc) is 1.08. The summed E-state index contributed by atoms with van der Waals surface area (Å²) in [5.74, 6) is 3.76. The number of hydrogen-bond donors (Lipinski definition) is 0. The molecule has 0 unspecified atom stereocenters. The van der Waals surface area contributed by atoms with Gasteiger partial charge in [-0.2, -0.15) is 0 Å². The first kappa shape index (κ1) is 67.8. The van der Waals surface area contributed by atoms with Gasteiger partial charge in [0.1, 0.15) is 22.3 Å². The number of aromatic nitrogens is 6. The lowest BCUT2D eigenvalue weighted by atomic mass is 9.87. The Morgan fingerprint density at radius 2 is 0.398 bits per heavy atom. The number of furan rings is 2. The molecule has 0 aliphatic carbocycles. The highest BCUT2D eigenvalue weighted by Gasteiger charge is 2.22. The van der Waals surface area contributed by atoms with E-state index in [-0.39, 0.29) is 0 Å². The van der Waals surface area contributed by atoms with Crippen LogP contribution in [0.3, 0.4) is 0 Å². The Morgan fingerprint density at radius 3 is 0.805 bits per heavy atom. The Morgan fingerprint density at radius 1 is 0.136 bits per heavy atom. The fourth-order valence-electron chi connectivity index (χ4n) is 17.8. The van der Waals surface area contributed by atoms with E-state index in [4.69, 9.17) is 38.7 Å². The molecule has 0 saturated heterocycles. The van der Waals surface area contributed by atoms with E-state index in [1.807, 2.05) is 84.9 Å². The van der Waals surface area contributed by atoms with Gasteiger partial charge in [-0.05, 0) is 162 Å². The van der Waals surface area contributed by atoms with Gasteiger partial charge in [0.25, 0.3) is 0 Å². The van der Waals surface area contributed by atoms with Crippen molar-refractivity contribution in [1.29, 1.82) is 0 Å². The molecule has 0 saturated carbocycles. The molecule has 4 aromatic heterocycles. The zero-order valence-electron chi connectivity index (χ0n) is 63.6. The highest BCUT2D eigenvalue weighted by molar-refractivity contribution is 6.34. The van der Waals surface area contributed by atoms with Crippen molar-refractivity contribution in [1.82, 2.24) is 29.9 Å². The van der Waals surface area contributed by atoms with Gasteiger partial charge in [-0.15, -0.1) is 0 Å². The van der Waals surface area contributed by atoms with Gasteiger partial charge in [0, 0.05) is 60.5 Å². The summed E-state index contributed by atoms with van der Waals surface area (Å²) in [7, 11) is 0. The third-order valence-electron chi connectivity index (χ3n) is 23.5. The van der Waals surface area contributed by atoms with E-state index in [9.17, 15) is 0 Å². The molecule has 118 heavy (non-hydrogen) atoms. The van der Waals surface area contributed by atoms with Gasteiger partial charge in [-0.1, -0.05) is 364 Å². The van der Waals surface area contributed by atoms with Crippen LogP contribution in [-0.2, 0) is 0 Å². The van der Waals surface area contributed by atoms with Crippen LogP contribution < -0.4 is 0 Å². The van der Waals surface area contributed by atoms with E-state index in [0.29, 0.717) is 34.9 Å². The molecular formula is C110H66N6O2. The fourth-order valence-corrected chi connectivity index (χ4v) is 17.8. The minimum atomic E-state index is 0.617. The van der Waals surface area contributed by atoms with Crippen LogP contribution in [0, 0.1) is 0 Å². The number of fused-ring (bicyclic) bond motifs is 22. The van der Waals surface area contributed by atoms with Crippen LogP contribution in [0.15, 0.2) is 409 Å². The largest absolute Gasteiger partial charge is 0.456 e. The standard InChI is InChI=1S/2C55H33N3O/c1-2-13-36(14-3-1)53-56-54(37-29-25-34(26-30-37)39-22-12-23-47-44-19-10-11-24-50(44)59-52(39)47)58-55(57-53)38-31-27-35(28-32-38)48-33-49-42-17-5-4-15-40(42)41-16-6-8-20-45(41)51(49)46-21-9-7-18-43(46)48;1-2-12-36(13-3-1)53-56-54(37-26-22-34(23-27-37)39-30-31-51-48(32-39)44-18-10-11-21-50(44)59-51)58-55(57-53)38-28-24-35(25-29-38)47-33-49-42-16-5-4-14-40(42)41-15-6-8-19-45(41)52(49)46-20-9-7-17-43(46)47/h2*1-33H. The summed E-state index contributed by atoms with van der Waals surface area (Å²) in [4.78, 5) is 30.3. The topological polar surface area (TPSA) is 104 Å². The summed E-state index contributed by atoms with van der Waals surface area (Å²) < 4.78 is 12.4. The highest BCUT2D eigenvalue weighted by atomic mass is 16.3. The van der Waals surface area contributed by atoms with Gasteiger partial charge in [0.15, 0.2) is 34.9 Å². The monoisotopic (exact) mass is 1500 g/mol. The van der Waals surface area contributed by atoms with Gasteiger partial charge in [-0.3, -0.25) is 0 Å². The Hall–Kier alpha value is -15.9. The number of benzene rings is 20. The quantitative estimate of drug-likeness (QED) is 0.125. The molecule has 0 spiro atoms. The van der Waals surface area contributed by atoms with E-state index in [0.717, 1.165) is 111 Å². The molecule has 0 radical (unpaired) electrons. The minimum absolute atomic E-state index is 0.617. The molecule has 548 valence electrons. The van der Waals surface area contributed by atoms with Crippen LogP contribution in [0.1, 0.15) is 0 Å². The third kappa shape index (κ3) is 11.6. The predicted molar refractivity (Wildman–Crippen MR) is 489 cm³/mol. The van der Waals surface area contributed by atoms with Gasteiger partial charge < -0.3 is 8.83 Å². The molecule has 8 heteroatoms. The molecule has 0 aliphatic rings. The summed E-state index contributed by atoms with van der Waals surface area (Å²) in [5, 5.41) is 24.7. The van der Waals surface area contributed by atoms with Crippen LogP contribution in [0.25, 0.3) is 243 Å². The van der Waals surface area contributed by atoms with Gasteiger partial charge in [0.05, 0.1) is 0 Å². The van der Waals surface area contributed by atoms with Crippen molar-refractivity contribution in [3.05, 3.63) is 400 Å². The minimum Gasteiger partial charge on any atom is -0.456 e. The van der Waals surface area contributed by atoms with Crippen molar-refractivity contribution >= 4 is 130 Å². The zero-order valence-corrected chi connectivity index (χ0v) is 63.6. The maximum atomic E-state index is 6.36. The molecule has 24 rings (SSSR count). The van der Waals surface area contributed by atoms with Crippen LogP contribution in [0.4, 0.5) is 0 Å². The molecule has 0 N–H and O–H groups in total. The summed E-state index contributed by atoms with van der Waals surface area (Å²) in [6.07, 6.45) is 0. The molecule has 0 atom stereocenters. The number of para-hydroxylation sites is 3. The van der Waals surface area contributed by atoms with Crippen LogP contribution in [0.2, 0.25) is 0 Å². The van der Waals surface area contributed by atoms with Crippen LogP contribution >= 0.6 is 0 Å². The molecule has 24 aromatic rings. The first-order valence-corrected chi connectivity index (χ1v) is 39.9. The van der Waals surface area contributed by atoms with Crippen molar-refractivity contribution < 1.29 is 8.83 Å². The van der Waals surface area contributed by atoms with Gasteiger partial charge >= 0.3 is 0 Å².